The third-order valence-electron chi connectivity index (χ3n) is 5.14. The van der Waals surface area contributed by atoms with Crippen LogP contribution < -0.4 is 5.32 Å². The fourth-order valence-corrected chi connectivity index (χ4v) is 3.50. The summed E-state index contributed by atoms with van der Waals surface area (Å²) in [6.07, 6.45) is 12.3. The topological polar surface area (TPSA) is 66.4 Å². The number of aliphatic hydroxyl groups is 1. The van der Waals surface area contributed by atoms with Gasteiger partial charge in [-0.05, 0) is 37.5 Å². The maximum Gasteiger partial charge on any atom is 0.232 e. The van der Waals surface area contributed by atoms with Gasteiger partial charge in [-0.2, -0.15) is 0 Å². The molecule has 2 N–H and O–H groups in total. The second-order valence-electron chi connectivity index (χ2n) is 7.65. The molecule has 152 valence electrons. The highest BCUT2D eigenvalue weighted by molar-refractivity contribution is 6.48. The number of rotatable bonds is 12. The van der Waals surface area contributed by atoms with Gasteiger partial charge in [0.05, 0.1) is 5.70 Å². The van der Waals surface area contributed by atoms with E-state index in [2.05, 4.69) is 12.2 Å². The predicted molar refractivity (Wildman–Crippen MR) is 114 cm³/mol. The summed E-state index contributed by atoms with van der Waals surface area (Å²) < 4.78 is 0. The molecule has 2 rings (SSSR count). The van der Waals surface area contributed by atoms with Crippen molar-refractivity contribution in [3.63, 3.8) is 0 Å². The molecule has 0 radical (unpaired) electrons. The van der Waals surface area contributed by atoms with Crippen LogP contribution in [0.25, 0.3) is 0 Å². The molecule has 0 atom stereocenters. The molecule has 0 amide bonds. The Morgan fingerprint density at radius 2 is 1.57 bits per heavy atom. The number of hydrogen-bond acceptors (Lipinski definition) is 4. The van der Waals surface area contributed by atoms with E-state index >= 15 is 0 Å². The number of benzene rings is 1. The highest BCUT2D eigenvalue weighted by atomic mass is 16.3. The SMILES string of the molecule is CCCCCCCCCCCC1=C(O)C(Nc2cccc(C)c2)=CC(=O)C1=O. The first-order chi connectivity index (χ1) is 13.5. The largest absolute Gasteiger partial charge is 0.505 e. The Hall–Kier alpha value is -2.36. The summed E-state index contributed by atoms with van der Waals surface area (Å²) in [7, 11) is 0. The van der Waals surface area contributed by atoms with Gasteiger partial charge in [0.2, 0.25) is 11.6 Å². The summed E-state index contributed by atoms with van der Waals surface area (Å²) in [4.78, 5) is 24.3. The molecule has 0 saturated heterocycles. The molecule has 0 aliphatic heterocycles. The van der Waals surface area contributed by atoms with Crippen LogP contribution in [0.5, 0.6) is 0 Å². The van der Waals surface area contributed by atoms with Crippen molar-refractivity contribution in [2.24, 2.45) is 0 Å². The van der Waals surface area contributed by atoms with Crippen LogP contribution >= 0.6 is 0 Å². The molecule has 0 heterocycles. The summed E-state index contributed by atoms with van der Waals surface area (Å²) in [6.45, 7) is 4.19. The van der Waals surface area contributed by atoms with E-state index in [1.807, 2.05) is 31.2 Å². The number of carbonyl (C=O) groups is 2. The van der Waals surface area contributed by atoms with Crippen molar-refractivity contribution in [3.05, 3.63) is 52.9 Å². The van der Waals surface area contributed by atoms with Crippen molar-refractivity contribution in [2.45, 2.75) is 78.1 Å². The van der Waals surface area contributed by atoms with Gasteiger partial charge in [0.15, 0.2) is 0 Å². The van der Waals surface area contributed by atoms with Gasteiger partial charge in [-0.1, -0.05) is 70.4 Å². The molecule has 0 fully saturated rings. The first-order valence-corrected chi connectivity index (χ1v) is 10.6. The Morgan fingerprint density at radius 3 is 2.21 bits per heavy atom. The third kappa shape index (κ3) is 6.66. The summed E-state index contributed by atoms with van der Waals surface area (Å²) >= 11 is 0. The zero-order chi connectivity index (χ0) is 20.4. The molecule has 4 heteroatoms. The molecule has 1 aliphatic carbocycles. The average molecular weight is 384 g/mol. The van der Waals surface area contributed by atoms with E-state index in [1.54, 1.807) is 0 Å². The van der Waals surface area contributed by atoms with Gasteiger partial charge >= 0.3 is 0 Å². The fraction of sp³-hybridized carbons (Fsp3) is 0.500. The van der Waals surface area contributed by atoms with Crippen LogP contribution in [-0.2, 0) is 9.59 Å². The normalized spacial score (nSPS) is 14.4. The third-order valence-corrected chi connectivity index (χ3v) is 5.14. The number of anilines is 1. The highest BCUT2D eigenvalue weighted by Crippen LogP contribution is 2.25. The van der Waals surface area contributed by atoms with Crippen molar-refractivity contribution in [1.82, 2.24) is 0 Å². The fourth-order valence-electron chi connectivity index (χ4n) is 3.50. The van der Waals surface area contributed by atoms with Gasteiger partial charge in [-0.15, -0.1) is 0 Å². The van der Waals surface area contributed by atoms with Gasteiger partial charge < -0.3 is 10.4 Å². The molecular formula is C24H33NO3. The zero-order valence-corrected chi connectivity index (χ0v) is 17.2. The number of Topliss-reactive ketones (excluding diaryl/α,β-unsaturated/α-hetero) is 1. The number of carbonyl (C=O) groups excluding carboxylic acids is 2. The monoisotopic (exact) mass is 383 g/mol. The second-order valence-corrected chi connectivity index (χ2v) is 7.65. The van der Waals surface area contributed by atoms with Crippen LogP contribution in [0.4, 0.5) is 5.69 Å². The molecule has 0 bridgehead atoms. The lowest BCUT2D eigenvalue weighted by atomic mass is 9.93. The molecule has 0 saturated carbocycles. The Labute approximate surface area is 168 Å². The van der Waals surface area contributed by atoms with E-state index in [0.717, 1.165) is 30.5 Å². The number of nitrogens with one attached hydrogen (secondary N) is 1. The maximum atomic E-state index is 12.2. The smallest absolute Gasteiger partial charge is 0.232 e. The van der Waals surface area contributed by atoms with Crippen molar-refractivity contribution in [2.75, 3.05) is 5.32 Å². The van der Waals surface area contributed by atoms with E-state index in [0.29, 0.717) is 12.1 Å². The predicted octanol–water partition coefficient (Wildman–Crippen LogP) is 6.18. The Bertz CT molecular complexity index is 746. The van der Waals surface area contributed by atoms with Gasteiger partial charge in [0.25, 0.3) is 0 Å². The van der Waals surface area contributed by atoms with E-state index in [-0.39, 0.29) is 11.3 Å². The highest BCUT2D eigenvalue weighted by Gasteiger charge is 2.28. The molecule has 4 nitrogen and oxygen atoms in total. The van der Waals surface area contributed by atoms with Crippen LogP contribution in [0.2, 0.25) is 0 Å². The van der Waals surface area contributed by atoms with E-state index in [9.17, 15) is 14.7 Å². The van der Waals surface area contributed by atoms with Gasteiger partial charge in [-0.25, -0.2) is 0 Å². The van der Waals surface area contributed by atoms with E-state index < -0.39 is 11.6 Å². The average Bonchev–Trinajstić information content (AvgIpc) is 2.67. The standard InChI is InChI=1S/C24H33NO3/c1-3-4-5-6-7-8-9-10-11-15-20-23(27)21(17-22(26)24(20)28)25-19-14-12-13-18(2)16-19/h12-14,16-17,25,27H,3-11,15H2,1-2H3. The van der Waals surface area contributed by atoms with Crippen LogP contribution in [-0.4, -0.2) is 16.7 Å². The summed E-state index contributed by atoms with van der Waals surface area (Å²) in [5.41, 5.74) is 2.40. The van der Waals surface area contributed by atoms with Crippen LogP contribution in [0.3, 0.4) is 0 Å². The summed E-state index contributed by atoms with van der Waals surface area (Å²) in [5, 5.41) is 13.6. The number of aryl methyl sites for hydroxylation is 1. The zero-order valence-electron chi connectivity index (χ0n) is 17.2. The van der Waals surface area contributed by atoms with Crippen molar-refractivity contribution >= 4 is 17.3 Å². The Kier molecular flexibility index (Phi) is 8.99. The van der Waals surface area contributed by atoms with Crippen LogP contribution in [0.15, 0.2) is 47.4 Å². The Morgan fingerprint density at radius 1 is 0.929 bits per heavy atom. The Balaban J connectivity index is 1.86. The molecule has 1 aromatic carbocycles. The number of unbranched alkanes of at least 4 members (excludes halogenated alkanes) is 8. The van der Waals surface area contributed by atoms with E-state index in [4.69, 9.17) is 0 Å². The molecule has 28 heavy (non-hydrogen) atoms. The van der Waals surface area contributed by atoms with Gasteiger partial charge in [0, 0.05) is 17.3 Å². The van der Waals surface area contributed by atoms with Crippen LogP contribution in [0.1, 0.15) is 76.7 Å². The minimum absolute atomic E-state index is 0.0920. The lowest BCUT2D eigenvalue weighted by Crippen LogP contribution is -2.24. The number of aliphatic hydroxyl groups excluding tert-OH is 1. The molecular weight excluding hydrogens is 350 g/mol. The lowest BCUT2D eigenvalue weighted by Gasteiger charge is -2.18. The number of allylic oxidation sites excluding steroid dienone is 2. The van der Waals surface area contributed by atoms with Crippen molar-refractivity contribution in [1.29, 1.82) is 0 Å². The van der Waals surface area contributed by atoms with Crippen molar-refractivity contribution < 1.29 is 14.7 Å². The number of ketones is 2. The molecule has 0 spiro atoms. The summed E-state index contributed by atoms with van der Waals surface area (Å²) in [6, 6.07) is 7.66. The van der Waals surface area contributed by atoms with Gasteiger partial charge in [-0.3, -0.25) is 9.59 Å². The minimum atomic E-state index is -0.577. The quantitative estimate of drug-likeness (QED) is 0.257. The number of hydrogen-bond donors (Lipinski definition) is 2. The molecule has 1 aliphatic rings. The summed E-state index contributed by atoms with van der Waals surface area (Å²) in [5.74, 6) is -1.24. The first kappa shape index (κ1) is 21.9. The molecule has 0 unspecified atom stereocenters. The van der Waals surface area contributed by atoms with Gasteiger partial charge in [0.1, 0.15) is 5.76 Å². The molecule has 1 aromatic rings. The van der Waals surface area contributed by atoms with Crippen molar-refractivity contribution in [3.8, 4) is 0 Å². The minimum Gasteiger partial charge on any atom is -0.505 e. The second kappa shape index (κ2) is 11.5. The van der Waals surface area contributed by atoms with Crippen LogP contribution in [0, 0.1) is 6.92 Å². The first-order valence-electron chi connectivity index (χ1n) is 10.6. The lowest BCUT2D eigenvalue weighted by molar-refractivity contribution is -0.132. The maximum absolute atomic E-state index is 12.2. The molecule has 0 aromatic heterocycles. The van der Waals surface area contributed by atoms with E-state index in [1.165, 1.54) is 44.6 Å².